The highest BCUT2D eigenvalue weighted by Gasteiger charge is 2.26. The van der Waals surface area contributed by atoms with Crippen molar-refractivity contribution >= 4 is 17.0 Å². The monoisotopic (exact) mass is 557 g/mol. The molecule has 0 unspecified atom stereocenters. The molecule has 1 aliphatic carbocycles. The Morgan fingerprint density at radius 2 is 1.73 bits per heavy atom. The molecule has 3 heterocycles. The lowest BCUT2D eigenvalue weighted by molar-refractivity contribution is -0.135. The zero-order valence-electron chi connectivity index (χ0n) is 23.8. The Kier molecular flexibility index (Phi) is 9.25. The van der Waals surface area contributed by atoms with Crippen LogP contribution >= 0.6 is 0 Å². The van der Waals surface area contributed by atoms with Crippen molar-refractivity contribution < 1.29 is 13.2 Å². The summed E-state index contributed by atoms with van der Waals surface area (Å²) >= 11 is 0. The molecule has 0 radical (unpaired) electrons. The minimum atomic E-state index is -4.09. The van der Waals surface area contributed by atoms with E-state index in [2.05, 4.69) is 56.1 Å². The first kappa shape index (κ1) is 28.8. The van der Waals surface area contributed by atoms with Crippen molar-refractivity contribution in [3.05, 3.63) is 36.0 Å². The molecule has 1 atom stereocenters. The van der Waals surface area contributed by atoms with E-state index >= 15 is 0 Å². The zero-order chi connectivity index (χ0) is 28.1. The van der Waals surface area contributed by atoms with Gasteiger partial charge in [0.2, 0.25) is 5.95 Å². The van der Waals surface area contributed by atoms with E-state index in [4.69, 9.17) is 10.1 Å². The number of fused-ring (bicyclic) bond motifs is 1. The summed E-state index contributed by atoms with van der Waals surface area (Å²) in [5.41, 5.74) is 4.09. The van der Waals surface area contributed by atoms with Crippen LogP contribution in [0.5, 0.6) is 0 Å². The largest absolute Gasteiger partial charge is 0.389 e. The molecule has 7 nitrogen and oxygen atoms in total. The summed E-state index contributed by atoms with van der Waals surface area (Å²) in [5.74, 6) is 0.502. The van der Waals surface area contributed by atoms with Crippen molar-refractivity contribution in [1.29, 1.82) is 0 Å². The first-order chi connectivity index (χ1) is 19.2. The van der Waals surface area contributed by atoms with Gasteiger partial charge in [0.25, 0.3) is 0 Å². The molecule has 1 saturated carbocycles. The van der Waals surface area contributed by atoms with Gasteiger partial charge in [-0.2, -0.15) is 23.3 Å². The van der Waals surface area contributed by atoms with Gasteiger partial charge in [0.15, 0.2) is 5.65 Å². The van der Waals surface area contributed by atoms with Gasteiger partial charge in [0.1, 0.15) is 5.69 Å². The van der Waals surface area contributed by atoms with Crippen LogP contribution in [0.15, 0.2) is 30.5 Å². The molecule has 1 aromatic carbocycles. The SMILES string of the molecule is C[C@@H](CCCCC(F)(F)F)Nc1ncc2c(-c3ccc(CN4CCN(C)CC4)cc3)nn(C3CCCCC3)c2n1. The van der Waals surface area contributed by atoms with Gasteiger partial charge < -0.3 is 10.2 Å². The number of rotatable bonds is 10. The lowest BCUT2D eigenvalue weighted by atomic mass is 9.96. The van der Waals surface area contributed by atoms with E-state index in [1.165, 1.54) is 24.8 Å². The molecule has 2 aliphatic rings. The molecule has 1 N–H and O–H groups in total. The molecular weight excluding hydrogens is 515 g/mol. The highest BCUT2D eigenvalue weighted by Crippen LogP contribution is 2.34. The predicted molar refractivity (Wildman–Crippen MR) is 153 cm³/mol. The van der Waals surface area contributed by atoms with Gasteiger partial charge in [-0.25, -0.2) is 9.67 Å². The minimum absolute atomic E-state index is 0.0240. The summed E-state index contributed by atoms with van der Waals surface area (Å²) in [7, 11) is 2.18. The van der Waals surface area contributed by atoms with Crippen LogP contribution in [0.1, 0.15) is 76.3 Å². The standard InChI is InChI=1S/C30H42F3N7/c1-22(8-6-7-15-30(31,32)33)35-29-34-20-26-27(37-40(28(26)36-29)25-9-4-3-5-10-25)24-13-11-23(12-14-24)21-39-18-16-38(2)17-19-39/h11-14,20,22,25H,3-10,15-19,21H2,1-2H3,(H,34,35,36)/t22-/m0/s1. The Morgan fingerprint density at radius 1 is 1.00 bits per heavy atom. The van der Waals surface area contributed by atoms with E-state index in [9.17, 15) is 13.2 Å². The number of nitrogens with zero attached hydrogens (tertiary/aromatic N) is 6. The van der Waals surface area contributed by atoms with Gasteiger partial charge in [-0.1, -0.05) is 49.9 Å². The Bertz CT molecular complexity index is 1230. The Hall–Kier alpha value is -2.72. The molecule has 5 rings (SSSR count). The lowest BCUT2D eigenvalue weighted by Gasteiger charge is -2.32. The van der Waals surface area contributed by atoms with Gasteiger partial charge in [0.05, 0.1) is 11.4 Å². The molecule has 0 bridgehead atoms. The molecule has 1 aliphatic heterocycles. The van der Waals surface area contributed by atoms with Crippen molar-refractivity contribution in [2.75, 3.05) is 38.5 Å². The molecular formula is C30H42F3N7. The van der Waals surface area contributed by atoms with Crippen LogP contribution in [-0.2, 0) is 6.54 Å². The van der Waals surface area contributed by atoms with Crippen molar-refractivity contribution in [2.24, 2.45) is 0 Å². The fraction of sp³-hybridized carbons (Fsp3) is 0.633. The third kappa shape index (κ3) is 7.51. The van der Waals surface area contributed by atoms with Crippen molar-refractivity contribution in [1.82, 2.24) is 29.5 Å². The molecule has 218 valence electrons. The van der Waals surface area contributed by atoms with Crippen LogP contribution < -0.4 is 5.32 Å². The number of hydrogen-bond donors (Lipinski definition) is 1. The van der Waals surface area contributed by atoms with Crippen LogP contribution in [0, 0.1) is 0 Å². The Balaban J connectivity index is 1.33. The average Bonchev–Trinajstić information content (AvgIpc) is 3.32. The van der Waals surface area contributed by atoms with Crippen LogP contribution in [-0.4, -0.2) is 75.0 Å². The van der Waals surface area contributed by atoms with Gasteiger partial charge in [-0.3, -0.25) is 4.90 Å². The maximum absolute atomic E-state index is 12.5. The maximum atomic E-state index is 12.5. The number of unbranched alkanes of at least 4 members (excludes halogenated alkanes) is 1. The number of benzene rings is 1. The van der Waals surface area contributed by atoms with Crippen LogP contribution in [0.25, 0.3) is 22.3 Å². The van der Waals surface area contributed by atoms with E-state index in [1.54, 1.807) is 0 Å². The number of halogens is 3. The molecule has 2 fully saturated rings. The van der Waals surface area contributed by atoms with Gasteiger partial charge in [0, 0.05) is 56.9 Å². The maximum Gasteiger partial charge on any atom is 0.389 e. The summed E-state index contributed by atoms with van der Waals surface area (Å²) in [6, 6.07) is 9.02. The third-order valence-electron chi connectivity index (χ3n) is 8.32. The zero-order valence-corrected chi connectivity index (χ0v) is 23.8. The summed E-state index contributed by atoms with van der Waals surface area (Å²) in [4.78, 5) is 14.4. The van der Waals surface area contributed by atoms with Crippen molar-refractivity contribution in [3.8, 4) is 11.3 Å². The average molecular weight is 558 g/mol. The number of nitrogens with one attached hydrogen (secondary N) is 1. The van der Waals surface area contributed by atoms with Crippen LogP contribution in [0.3, 0.4) is 0 Å². The highest BCUT2D eigenvalue weighted by atomic mass is 19.4. The Morgan fingerprint density at radius 3 is 2.42 bits per heavy atom. The molecule has 10 heteroatoms. The number of likely N-dealkylation sites (N-methyl/N-ethyl adjacent to an activating group) is 1. The number of anilines is 1. The third-order valence-corrected chi connectivity index (χ3v) is 8.32. The second-order valence-corrected chi connectivity index (χ2v) is 11.7. The second kappa shape index (κ2) is 12.9. The molecule has 2 aromatic heterocycles. The first-order valence-corrected chi connectivity index (χ1v) is 14.8. The normalized spacial score (nSPS) is 18.8. The topological polar surface area (TPSA) is 62.1 Å². The molecule has 3 aromatic rings. The number of piperazine rings is 1. The fourth-order valence-electron chi connectivity index (χ4n) is 5.89. The van der Waals surface area contributed by atoms with Gasteiger partial charge in [-0.15, -0.1) is 0 Å². The van der Waals surface area contributed by atoms with Crippen molar-refractivity contribution in [2.45, 2.75) is 89.5 Å². The number of hydrogen-bond acceptors (Lipinski definition) is 6. The first-order valence-electron chi connectivity index (χ1n) is 14.8. The summed E-state index contributed by atoms with van der Waals surface area (Å²) in [6.45, 7) is 7.32. The molecule has 0 amide bonds. The molecule has 1 saturated heterocycles. The van der Waals surface area contributed by atoms with Gasteiger partial charge >= 0.3 is 6.18 Å². The predicted octanol–water partition coefficient (Wildman–Crippen LogP) is 6.67. The number of alkyl halides is 3. The van der Waals surface area contributed by atoms with E-state index in [0.29, 0.717) is 24.8 Å². The van der Waals surface area contributed by atoms with E-state index in [1.807, 2.05) is 13.1 Å². The van der Waals surface area contributed by atoms with Crippen molar-refractivity contribution in [3.63, 3.8) is 0 Å². The number of aromatic nitrogens is 4. The van der Waals surface area contributed by atoms with Crippen LogP contribution in [0.2, 0.25) is 0 Å². The molecule has 40 heavy (non-hydrogen) atoms. The second-order valence-electron chi connectivity index (χ2n) is 11.7. The molecule has 0 spiro atoms. The summed E-state index contributed by atoms with van der Waals surface area (Å²) in [6.07, 6.45) is 4.10. The highest BCUT2D eigenvalue weighted by molar-refractivity contribution is 5.91. The van der Waals surface area contributed by atoms with E-state index < -0.39 is 12.6 Å². The van der Waals surface area contributed by atoms with Gasteiger partial charge in [-0.05, 0) is 45.2 Å². The quantitative estimate of drug-likeness (QED) is 0.281. The summed E-state index contributed by atoms with van der Waals surface area (Å²) < 4.78 is 39.5. The lowest BCUT2D eigenvalue weighted by Crippen LogP contribution is -2.43. The van der Waals surface area contributed by atoms with Crippen LogP contribution in [0.4, 0.5) is 19.1 Å². The minimum Gasteiger partial charge on any atom is -0.352 e. The van der Waals surface area contributed by atoms with E-state index in [0.717, 1.165) is 67.9 Å². The smallest absolute Gasteiger partial charge is 0.352 e. The Labute approximate surface area is 235 Å². The van der Waals surface area contributed by atoms with E-state index in [-0.39, 0.29) is 12.5 Å². The summed E-state index contributed by atoms with van der Waals surface area (Å²) in [5, 5.41) is 9.34. The fourth-order valence-corrected chi connectivity index (χ4v) is 5.89.